The molecule has 3 aromatic rings. The van der Waals surface area contributed by atoms with Crippen LogP contribution in [0.15, 0.2) is 83.8 Å². The predicted octanol–water partition coefficient (Wildman–Crippen LogP) is 4.15. The third-order valence-electron chi connectivity index (χ3n) is 3.94. The predicted molar refractivity (Wildman–Crippen MR) is 101 cm³/mol. The number of ether oxygens (including phenoxy) is 1. The van der Waals surface area contributed by atoms with Gasteiger partial charge in [-0.15, -0.1) is 0 Å². The van der Waals surface area contributed by atoms with Gasteiger partial charge in [0, 0.05) is 12.1 Å². The first-order valence-corrected chi connectivity index (χ1v) is 9.82. The highest BCUT2D eigenvalue weighted by atomic mass is 32.2. The molecule has 138 valence electrons. The van der Waals surface area contributed by atoms with E-state index in [1.165, 1.54) is 24.3 Å². The molecule has 0 bridgehead atoms. The smallest absolute Gasteiger partial charge is 0.269 e. The van der Waals surface area contributed by atoms with Crippen LogP contribution in [0.4, 0.5) is 5.69 Å². The normalized spacial score (nSPS) is 11.1. The fraction of sp³-hybridized carbons (Fsp3) is 0.100. The summed E-state index contributed by atoms with van der Waals surface area (Å²) in [6, 6.07) is 21.3. The molecule has 3 aromatic carbocycles. The summed E-state index contributed by atoms with van der Waals surface area (Å²) in [5.41, 5.74) is 1.53. The van der Waals surface area contributed by atoms with Crippen molar-refractivity contribution in [2.75, 3.05) is 0 Å². The number of hydrogen-bond acceptors (Lipinski definition) is 5. The number of benzene rings is 3. The molecule has 0 unspecified atom stereocenters. The van der Waals surface area contributed by atoms with Crippen molar-refractivity contribution in [3.8, 4) is 5.75 Å². The number of nitrogens with zero attached hydrogens (tertiary/aromatic N) is 1. The van der Waals surface area contributed by atoms with Crippen molar-refractivity contribution in [2.45, 2.75) is 17.3 Å². The second kappa shape index (κ2) is 8.01. The quantitative estimate of drug-likeness (QED) is 0.452. The van der Waals surface area contributed by atoms with Crippen LogP contribution in [0.1, 0.15) is 11.1 Å². The lowest BCUT2D eigenvalue weighted by Gasteiger charge is -2.08. The molecule has 0 aromatic heterocycles. The fourth-order valence-electron chi connectivity index (χ4n) is 2.50. The van der Waals surface area contributed by atoms with Crippen molar-refractivity contribution in [2.24, 2.45) is 0 Å². The SMILES string of the molecule is O=[N+]([O-])c1ccc(OCc2ccc(S(=O)(=O)Cc3ccccc3)cc2)cc1. The molecule has 0 spiro atoms. The molecule has 0 atom stereocenters. The summed E-state index contributed by atoms with van der Waals surface area (Å²) in [4.78, 5) is 10.4. The lowest BCUT2D eigenvalue weighted by atomic mass is 10.2. The van der Waals surface area contributed by atoms with Gasteiger partial charge in [0.25, 0.3) is 5.69 Å². The van der Waals surface area contributed by atoms with E-state index in [1.54, 1.807) is 36.4 Å². The number of nitro benzene ring substituents is 1. The Labute approximate surface area is 157 Å². The van der Waals surface area contributed by atoms with Crippen LogP contribution in [-0.4, -0.2) is 13.3 Å². The number of hydrogen-bond donors (Lipinski definition) is 0. The topological polar surface area (TPSA) is 86.5 Å². The summed E-state index contributed by atoms with van der Waals surface area (Å²) >= 11 is 0. The second-order valence-corrected chi connectivity index (χ2v) is 7.92. The molecule has 27 heavy (non-hydrogen) atoms. The van der Waals surface area contributed by atoms with Crippen molar-refractivity contribution >= 4 is 15.5 Å². The van der Waals surface area contributed by atoms with Crippen LogP contribution < -0.4 is 4.74 Å². The van der Waals surface area contributed by atoms with Crippen molar-refractivity contribution in [3.63, 3.8) is 0 Å². The van der Waals surface area contributed by atoms with E-state index in [9.17, 15) is 18.5 Å². The van der Waals surface area contributed by atoms with Gasteiger partial charge in [0.05, 0.1) is 15.6 Å². The minimum Gasteiger partial charge on any atom is -0.489 e. The summed E-state index contributed by atoms with van der Waals surface area (Å²) < 4.78 is 30.6. The first-order chi connectivity index (χ1) is 12.9. The minimum absolute atomic E-state index is 0.00433. The van der Waals surface area contributed by atoms with E-state index < -0.39 is 14.8 Å². The highest BCUT2D eigenvalue weighted by Gasteiger charge is 2.15. The van der Waals surface area contributed by atoms with Gasteiger partial charge in [0.15, 0.2) is 9.84 Å². The largest absolute Gasteiger partial charge is 0.489 e. The third kappa shape index (κ3) is 4.92. The molecule has 7 heteroatoms. The van der Waals surface area contributed by atoms with Crippen LogP contribution in [-0.2, 0) is 22.2 Å². The van der Waals surface area contributed by atoms with Crippen LogP contribution >= 0.6 is 0 Å². The Hall–Kier alpha value is -3.19. The van der Waals surface area contributed by atoms with Gasteiger partial charge in [-0.2, -0.15) is 0 Å². The maximum Gasteiger partial charge on any atom is 0.269 e. The summed E-state index contributed by atoms with van der Waals surface area (Å²) in [5.74, 6) is 0.452. The van der Waals surface area contributed by atoms with Crippen LogP contribution in [0.2, 0.25) is 0 Å². The molecule has 0 aliphatic carbocycles. The summed E-state index contributed by atoms with van der Waals surface area (Å²) in [5, 5.41) is 10.6. The Morgan fingerprint density at radius 3 is 2.04 bits per heavy atom. The van der Waals surface area contributed by atoms with Crippen molar-refractivity contribution in [3.05, 3.63) is 100 Å². The van der Waals surface area contributed by atoms with Crippen molar-refractivity contribution in [1.29, 1.82) is 0 Å². The Kier molecular flexibility index (Phi) is 5.52. The molecule has 0 aliphatic rings. The molecular weight excluding hydrogens is 366 g/mol. The molecule has 0 saturated heterocycles. The van der Waals surface area contributed by atoms with Crippen LogP contribution in [0.5, 0.6) is 5.75 Å². The van der Waals surface area contributed by atoms with Gasteiger partial charge in [-0.1, -0.05) is 42.5 Å². The van der Waals surface area contributed by atoms with Crippen LogP contribution in [0.3, 0.4) is 0 Å². The van der Waals surface area contributed by atoms with Gasteiger partial charge in [0.2, 0.25) is 0 Å². The van der Waals surface area contributed by atoms with E-state index in [0.717, 1.165) is 11.1 Å². The molecule has 0 radical (unpaired) electrons. The zero-order chi connectivity index (χ0) is 19.3. The van der Waals surface area contributed by atoms with Crippen LogP contribution in [0, 0.1) is 10.1 Å². The molecule has 0 amide bonds. The zero-order valence-electron chi connectivity index (χ0n) is 14.3. The average molecular weight is 383 g/mol. The van der Waals surface area contributed by atoms with Gasteiger partial charge in [0.1, 0.15) is 12.4 Å². The number of non-ortho nitro benzene ring substituents is 1. The lowest BCUT2D eigenvalue weighted by Crippen LogP contribution is -2.05. The number of nitro groups is 1. The minimum atomic E-state index is -3.41. The number of rotatable bonds is 7. The molecule has 6 nitrogen and oxygen atoms in total. The first-order valence-electron chi connectivity index (χ1n) is 8.17. The van der Waals surface area contributed by atoms with Gasteiger partial charge in [-0.3, -0.25) is 10.1 Å². The van der Waals surface area contributed by atoms with E-state index in [2.05, 4.69) is 0 Å². The average Bonchev–Trinajstić information content (AvgIpc) is 2.67. The Morgan fingerprint density at radius 1 is 0.815 bits per heavy atom. The molecule has 0 saturated carbocycles. The van der Waals surface area contributed by atoms with E-state index in [4.69, 9.17) is 4.74 Å². The van der Waals surface area contributed by atoms with E-state index in [-0.39, 0.29) is 22.9 Å². The molecule has 0 heterocycles. The van der Waals surface area contributed by atoms with Crippen molar-refractivity contribution in [1.82, 2.24) is 0 Å². The van der Waals surface area contributed by atoms with Gasteiger partial charge in [-0.25, -0.2) is 8.42 Å². The number of sulfone groups is 1. The van der Waals surface area contributed by atoms with Crippen LogP contribution in [0.25, 0.3) is 0 Å². The molecule has 3 rings (SSSR count). The fourth-order valence-corrected chi connectivity index (χ4v) is 3.85. The zero-order valence-corrected chi connectivity index (χ0v) is 15.1. The van der Waals surface area contributed by atoms with Gasteiger partial charge >= 0.3 is 0 Å². The van der Waals surface area contributed by atoms with E-state index in [0.29, 0.717) is 5.75 Å². The maximum atomic E-state index is 12.5. The summed E-state index contributed by atoms with van der Waals surface area (Å²) in [6.45, 7) is 0.233. The first kappa shape index (κ1) is 18.6. The monoisotopic (exact) mass is 383 g/mol. The molecule has 0 fully saturated rings. The van der Waals surface area contributed by atoms with Gasteiger partial charge in [-0.05, 0) is 35.4 Å². The third-order valence-corrected chi connectivity index (χ3v) is 5.64. The molecular formula is C20H17NO5S. The van der Waals surface area contributed by atoms with E-state index in [1.807, 2.05) is 18.2 Å². The Bertz CT molecular complexity index is 1010. The highest BCUT2D eigenvalue weighted by Crippen LogP contribution is 2.20. The van der Waals surface area contributed by atoms with Crippen molar-refractivity contribution < 1.29 is 18.1 Å². The molecule has 0 aliphatic heterocycles. The highest BCUT2D eigenvalue weighted by molar-refractivity contribution is 7.90. The second-order valence-electron chi connectivity index (χ2n) is 5.93. The summed E-state index contributed by atoms with van der Waals surface area (Å²) in [7, 11) is -3.41. The van der Waals surface area contributed by atoms with E-state index >= 15 is 0 Å². The summed E-state index contributed by atoms with van der Waals surface area (Å²) in [6.07, 6.45) is 0. The Morgan fingerprint density at radius 2 is 1.44 bits per heavy atom. The lowest BCUT2D eigenvalue weighted by molar-refractivity contribution is -0.384. The van der Waals surface area contributed by atoms with Gasteiger partial charge < -0.3 is 4.74 Å². The standard InChI is InChI=1S/C20H17NO5S/c22-21(23)18-8-10-19(11-9-18)26-14-16-6-12-20(13-7-16)27(24,25)15-17-4-2-1-3-5-17/h1-13H,14-15H2. The Balaban J connectivity index is 1.63. The molecule has 0 N–H and O–H groups in total. The maximum absolute atomic E-state index is 12.5.